The van der Waals surface area contributed by atoms with E-state index in [1.807, 2.05) is 0 Å². The third-order valence-corrected chi connectivity index (χ3v) is 3.11. The van der Waals surface area contributed by atoms with E-state index in [-0.39, 0.29) is 12.5 Å². The van der Waals surface area contributed by atoms with Crippen LogP contribution in [0.15, 0.2) is 49.2 Å². The molecule has 3 rings (SSSR count). The molecule has 0 atom stereocenters. The molecule has 11 heteroatoms. The zero-order valence-corrected chi connectivity index (χ0v) is 13.0. The minimum absolute atomic E-state index is 0.0456. The summed E-state index contributed by atoms with van der Waals surface area (Å²) in [5.41, 5.74) is -0.630. The maximum atomic E-state index is 13.4. The molecule has 0 aliphatic heterocycles. The number of aromatic nitrogens is 5. The van der Waals surface area contributed by atoms with Gasteiger partial charge in [-0.05, 0) is 17.7 Å². The van der Waals surface area contributed by atoms with E-state index in [9.17, 15) is 18.0 Å². The van der Waals surface area contributed by atoms with Crippen molar-refractivity contribution < 1.29 is 22.7 Å². The van der Waals surface area contributed by atoms with Crippen LogP contribution in [0.4, 0.5) is 18.0 Å². The summed E-state index contributed by atoms with van der Waals surface area (Å²) in [7, 11) is 0. The van der Waals surface area contributed by atoms with Crippen LogP contribution in [0.3, 0.4) is 0 Å². The van der Waals surface area contributed by atoms with Gasteiger partial charge in [-0.25, -0.2) is 14.8 Å². The van der Waals surface area contributed by atoms with Crippen LogP contribution in [0.1, 0.15) is 11.3 Å². The number of nitrogens with zero attached hydrogens (tertiary/aromatic N) is 5. The van der Waals surface area contributed by atoms with Gasteiger partial charge in [-0.1, -0.05) is 6.07 Å². The second-order valence-electron chi connectivity index (χ2n) is 4.92. The second-order valence-corrected chi connectivity index (χ2v) is 4.92. The molecule has 1 N–H and O–H groups in total. The molecule has 8 nitrogen and oxygen atoms in total. The first-order valence-corrected chi connectivity index (χ1v) is 7.22. The molecule has 26 heavy (non-hydrogen) atoms. The van der Waals surface area contributed by atoms with Crippen molar-refractivity contribution in [1.82, 2.24) is 30.0 Å². The van der Waals surface area contributed by atoms with E-state index in [2.05, 4.69) is 25.4 Å². The molecule has 0 saturated heterocycles. The van der Waals surface area contributed by atoms with Gasteiger partial charge in [0, 0.05) is 31.3 Å². The lowest BCUT2D eigenvalue weighted by Crippen LogP contribution is -2.27. The van der Waals surface area contributed by atoms with Gasteiger partial charge in [0.2, 0.25) is 0 Å². The normalized spacial score (nSPS) is 11.2. The quantitative estimate of drug-likeness (QED) is 0.764. The molecule has 0 fully saturated rings. The monoisotopic (exact) mass is 364 g/mol. The predicted octanol–water partition coefficient (Wildman–Crippen LogP) is 2.36. The summed E-state index contributed by atoms with van der Waals surface area (Å²) in [5, 5.41) is 5.92. The number of amides is 1. The van der Waals surface area contributed by atoms with Crippen molar-refractivity contribution >= 4 is 6.09 Å². The first-order valence-electron chi connectivity index (χ1n) is 7.22. The Labute approximate surface area is 144 Å². The van der Waals surface area contributed by atoms with E-state index in [0.29, 0.717) is 10.2 Å². The van der Waals surface area contributed by atoms with Gasteiger partial charge in [0.05, 0.1) is 6.20 Å². The van der Waals surface area contributed by atoms with Crippen molar-refractivity contribution in [3.05, 3.63) is 60.4 Å². The highest BCUT2D eigenvalue weighted by Gasteiger charge is 2.41. The second kappa shape index (κ2) is 7.17. The van der Waals surface area contributed by atoms with E-state index in [1.54, 1.807) is 18.3 Å². The van der Waals surface area contributed by atoms with E-state index in [0.717, 1.165) is 6.20 Å². The molecular formula is C15H11F3N6O2. The molecule has 0 radical (unpaired) electrons. The lowest BCUT2D eigenvalue weighted by atomic mass is 10.3. The number of ether oxygens (including phenoxy) is 1. The standard InChI is InChI=1S/C15H11F3N6O2/c16-15(17,18)12-11(9-23-24(12)13-20-5-2-6-21-13)26-14(25)22-8-10-3-1-4-19-7-10/h1-7,9H,8H2,(H,22,25). The van der Waals surface area contributed by atoms with Crippen molar-refractivity contribution in [1.29, 1.82) is 0 Å². The smallest absolute Gasteiger partial charge is 0.406 e. The van der Waals surface area contributed by atoms with Gasteiger partial charge >= 0.3 is 12.3 Å². The van der Waals surface area contributed by atoms with Crippen LogP contribution in [0.5, 0.6) is 5.75 Å². The highest BCUT2D eigenvalue weighted by atomic mass is 19.4. The Morgan fingerprint density at radius 3 is 2.58 bits per heavy atom. The lowest BCUT2D eigenvalue weighted by Gasteiger charge is -2.11. The van der Waals surface area contributed by atoms with Crippen molar-refractivity contribution in [2.24, 2.45) is 0 Å². The zero-order valence-electron chi connectivity index (χ0n) is 13.0. The number of hydrogen-bond donors (Lipinski definition) is 1. The Balaban J connectivity index is 1.79. The zero-order chi connectivity index (χ0) is 18.6. The average molecular weight is 364 g/mol. The number of pyridine rings is 1. The Hall–Kier alpha value is -3.50. The minimum Gasteiger partial charge on any atom is -0.406 e. The SMILES string of the molecule is O=C(NCc1cccnc1)Oc1cnn(-c2ncccn2)c1C(F)(F)F. The van der Waals surface area contributed by atoms with E-state index in [4.69, 9.17) is 4.74 Å². The van der Waals surface area contributed by atoms with Gasteiger partial charge in [-0.15, -0.1) is 0 Å². The fourth-order valence-corrected chi connectivity index (χ4v) is 2.03. The number of carbonyl (C=O) groups excluding carboxylic acids is 1. The number of carbonyl (C=O) groups is 1. The van der Waals surface area contributed by atoms with Gasteiger partial charge in [-0.2, -0.15) is 23.0 Å². The van der Waals surface area contributed by atoms with Crippen LogP contribution in [0.25, 0.3) is 5.95 Å². The maximum Gasteiger partial charge on any atom is 0.437 e. The molecule has 134 valence electrons. The lowest BCUT2D eigenvalue weighted by molar-refractivity contribution is -0.143. The van der Waals surface area contributed by atoms with Gasteiger partial charge in [0.25, 0.3) is 5.95 Å². The number of halogens is 3. The van der Waals surface area contributed by atoms with Crippen molar-refractivity contribution in [3.63, 3.8) is 0 Å². The molecule has 0 unspecified atom stereocenters. The van der Waals surface area contributed by atoms with E-state index >= 15 is 0 Å². The van der Waals surface area contributed by atoms with Gasteiger partial charge < -0.3 is 10.1 Å². The number of hydrogen-bond acceptors (Lipinski definition) is 6. The van der Waals surface area contributed by atoms with Crippen LogP contribution < -0.4 is 10.1 Å². The fourth-order valence-electron chi connectivity index (χ4n) is 2.03. The molecule has 1 amide bonds. The molecule has 0 saturated carbocycles. The van der Waals surface area contributed by atoms with Crippen LogP contribution in [-0.4, -0.2) is 30.8 Å². The average Bonchev–Trinajstić information content (AvgIpc) is 3.05. The van der Waals surface area contributed by atoms with Crippen LogP contribution >= 0.6 is 0 Å². The summed E-state index contributed by atoms with van der Waals surface area (Å²) in [6.45, 7) is 0.0456. The van der Waals surface area contributed by atoms with Crippen molar-refractivity contribution in [3.8, 4) is 11.7 Å². The van der Waals surface area contributed by atoms with Crippen molar-refractivity contribution in [2.45, 2.75) is 12.7 Å². The Kier molecular flexibility index (Phi) is 4.78. The molecule has 3 aromatic rings. The summed E-state index contributed by atoms with van der Waals surface area (Å²) < 4.78 is 45.4. The summed E-state index contributed by atoms with van der Waals surface area (Å²) >= 11 is 0. The van der Waals surface area contributed by atoms with Crippen LogP contribution in [0.2, 0.25) is 0 Å². The molecule has 0 bridgehead atoms. The van der Waals surface area contributed by atoms with Crippen molar-refractivity contribution in [2.75, 3.05) is 0 Å². The first kappa shape index (κ1) is 17.3. The van der Waals surface area contributed by atoms with E-state index in [1.165, 1.54) is 24.7 Å². The van der Waals surface area contributed by atoms with Gasteiger partial charge in [0.15, 0.2) is 11.4 Å². The largest absolute Gasteiger partial charge is 0.437 e. The Bertz CT molecular complexity index is 883. The third-order valence-electron chi connectivity index (χ3n) is 3.11. The highest BCUT2D eigenvalue weighted by Crippen LogP contribution is 2.37. The van der Waals surface area contributed by atoms with E-state index < -0.39 is 23.7 Å². The molecule has 0 aliphatic rings. The summed E-state index contributed by atoms with van der Waals surface area (Å²) in [6, 6.07) is 4.80. The van der Waals surface area contributed by atoms with Gasteiger partial charge in [0.1, 0.15) is 0 Å². The van der Waals surface area contributed by atoms with Crippen LogP contribution in [0, 0.1) is 0 Å². The molecular weight excluding hydrogens is 353 g/mol. The number of rotatable bonds is 4. The molecule has 0 aliphatic carbocycles. The summed E-state index contributed by atoms with van der Waals surface area (Å²) in [4.78, 5) is 23.1. The maximum absolute atomic E-state index is 13.4. The fraction of sp³-hybridized carbons (Fsp3) is 0.133. The Morgan fingerprint density at radius 2 is 1.92 bits per heavy atom. The number of nitrogens with one attached hydrogen (secondary N) is 1. The summed E-state index contributed by atoms with van der Waals surface area (Å²) in [6.07, 6.45) is 0.477. The Morgan fingerprint density at radius 1 is 1.15 bits per heavy atom. The molecule has 3 aromatic heterocycles. The summed E-state index contributed by atoms with van der Waals surface area (Å²) in [5.74, 6) is -1.06. The molecule has 3 heterocycles. The highest BCUT2D eigenvalue weighted by molar-refractivity contribution is 5.70. The first-order chi connectivity index (χ1) is 12.4. The van der Waals surface area contributed by atoms with Gasteiger partial charge in [-0.3, -0.25) is 4.98 Å². The van der Waals surface area contributed by atoms with Crippen LogP contribution in [-0.2, 0) is 12.7 Å². The number of alkyl halides is 3. The topological polar surface area (TPSA) is 94.8 Å². The minimum atomic E-state index is -4.84. The molecule has 0 spiro atoms. The predicted molar refractivity (Wildman–Crippen MR) is 81.3 cm³/mol. The third kappa shape index (κ3) is 3.94. The molecule has 0 aromatic carbocycles.